The molecule has 1 rings (SSSR count). The fraction of sp³-hybridized carbons (Fsp3) is 1.00. The second-order valence-corrected chi connectivity index (χ2v) is 3.99. The highest BCUT2D eigenvalue weighted by Gasteiger charge is 2.27. The summed E-state index contributed by atoms with van der Waals surface area (Å²) in [7, 11) is 0. The molecule has 16 heavy (non-hydrogen) atoms. The van der Waals surface area contributed by atoms with Crippen LogP contribution in [0.2, 0.25) is 0 Å². The largest absolute Gasteiger partial charge is 0.411 e. The lowest BCUT2D eigenvalue weighted by molar-refractivity contribution is -0.197. The number of piperidine rings is 1. The van der Waals surface area contributed by atoms with E-state index < -0.39 is 12.8 Å². The second kappa shape index (κ2) is 7.09. The molecule has 0 amide bonds. The van der Waals surface area contributed by atoms with Gasteiger partial charge in [-0.1, -0.05) is 0 Å². The molecule has 1 heterocycles. The van der Waals surface area contributed by atoms with E-state index in [1.54, 1.807) is 0 Å². The number of halogens is 3. The molecule has 0 aliphatic carbocycles. The molecule has 0 spiro atoms. The lowest BCUT2D eigenvalue weighted by Crippen LogP contribution is -2.30. The third kappa shape index (κ3) is 7.03. The van der Waals surface area contributed by atoms with Crippen molar-refractivity contribution in [2.75, 3.05) is 33.1 Å². The molecule has 96 valence electrons. The molecule has 1 unspecified atom stereocenters. The summed E-state index contributed by atoms with van der Waals surface area (Å²) in [5, 5.41) is 3.27. The maximum absolute atomic E-state index is 11.7. The summed E-state index contributed by atoms with van der Waals surface area (Å²) < 4.78 is 44.3. The Morgan fingerprint density at radius 3 is 2.69 bits per heavy atom. The Kier molecular flexibility index (Phi) is 6.08. The van der Waals surface area contributed by atoms with Gasteiger partial charge in [-0.25, -0.2) is 0 Å². The zero-order valence-electron chi connectivity index (χ0n) is 9.18. The summed E-state index contributed by atoms with van der Waals surface area (Å²) in [5.74, 6) is 0.580. The average molecular weight is 241 g/mol. The smallest absolute Gasteiger partial charge is 0.355 e. The SMILES string of the molecule is FC(F)(F)COCOCCC1CCCNC1. The van der Waals surface area contributed by atoms with Crippen LogP contribution >= 0.6 is 0 Å². The van der Waals surface area contributed by atoms with E-state index in [0.29, 0.717) is 12.5 Å². The maximum Gasteiger partial charge on any atom is 0.411 e. The van der Waals surface area contributed by atoms with Gasteiger partial charge in [-0.05, 0) is 38.3 Å². The molecular formula is C10H18F3NO2. The Hall–Kier alpha value is -0.330. The average Bonchev–Trinajstić information content (AvgIpc) is 2.23. The minimum Gasteiger partial charge on any atom is -0.355 e. The molecule has 0 saturated carbocycles. The van der Waals surface area contributed by atoms with Gasteiger partial charge in [0.05, 0.1) is 0 Å². The van der Waals surface area contributed by atoms with Gasteiger partial charge in [0.2, 0.25) is 0 Å². The van der Waals surface area contributed by atoms with Crippen LogP contribution in [-0.2, 0) is 9.47 Å². The molecule has 1 saturated heterocycles. The molecule has 6 heteroatoms. The summed E-state index contributed by atoms with van der Waals surface area (Å²) in [6.45, 7) is 0.987. The molecule has 1 aliphatic rings. The Labute approximate surface area is 93.3 Å². The number of ether oxygens (including phenoxy) is 2. The number of hydrogen-bond acceptors (Lipinski definition) is 3. The molecule has 1 N–H and O–H groups in total. The number of hydrogen-bond donors (Lipinski definition) is 1. The van der Waals surface area contributed by atoms with Crippen LogP contribution in [0.4, 0.5) is 13.2 Å². The summed E-state index contributed by atoms with van der Waals surface area (Å²) in [5.41, 5.74) is 0. The second-order valence-electron chi connectivity index (χ2n) is 3.99. The third-order valence-electron chi connectivity index (χ3n) is 2.50. The highest BCUT2D eigenvalue weighted by atomic mass is 19.4. The van der Waals surface area contributed by atoms with E-state index in [1.807, 2.05) is 0 Å². The van der Waals surface area contributed by atoms with Gasteiger partial charge in [0.15, 0.2) is 0 Å². The first kappa shape index (κ1) is 13.7. The first-order valence-electron chi connectivity index (χ1n) is 5.51. The zero-order valence-corrected chi connectivity index (χ0v) is 9.18. The third-order valence-corrected chi connectivity index (χ3v) is 2.50. The van der Waals surface area contributed by atoms with Crippen molar-refractivity contribution in [2.24, 2.45) is 5.92 Å². The van der Waals surface area contributed by atoms with Gasteiger partial charge >= 0.3 is 6.18 Å². The van der Waals surface area contributed by atoms with Crippen LogP contribution in [0.25, 0.3) is 0 Å². The van der Waals surface area contributed by atoms with Crippen molar-refractivity contribution in [2.45, 2.75) is 25.4 Å². The standard InChI is InChI=1S/C10H18F3NO2/c11-10(12,13)7-16-8-15-5-3-9-2-1-4-14-6-9/h9,14H,1-8H2. The fourth-order valence-electron chi connectivity index (χ4n) is 1.70. The van der Waals surface area contributed by atoms with Gasteiger partial charge in [0.25, 0.3) is 0 Å². The summed E-state index contributed by atoms with van der Waals surface area (Å²) in [6, 6.07) is 0. The van der Waals surface area contributed by atoms with Crippen molar-refractivity contribution >= 4 is 0 Å². The van der Waals surface area contributed by atoms with Gasteiger partial charge in [-0.2, -0.15) is 13.2 Å². The molecular weight excluding hydrogens is 223 g/mol. The normalized spacial score (nSPS) is 22.3. The van der Waals surface area contributed by atoms with E-state index in [1.165, 1.54) is 6.42 Å². The van der Waals surface area contributed by atoms with Crippen molar-refractivity contribution < 1.29 is 22.6 Å². The highest BCUT2D eigenvalue weighted by molar-refractivity contribution is 4.68. The van der Waals surface area contributed by atoms with Gasteiger partial charge in [0.1, 0.15) is 13.4 Å². The summed E-state index contributed by atoms with van der Waals surface area (Å²) >= 11 is 0. The van der Waals surface area contributed by atoms with E-state index in [0.717, 1.165) is 25.9 Å². The molecule has 1 aliphatic heterocycles. The van der Waals surface area contributed by atoms with E-state index in [9.17, 15) is 13.2 Å². The molecule has 0 aromatic rings. The Morgan fingerprint density at radius 1 is 1.25 bits per heavy atom. The van der Waals surface area contributed by atoms with Crippen LogP contribution in [0, 0.1) is 5.92 Å². The van der Waals surface area contributed by atoms with Crippen LogP contribution in [0.3, 0.4) is 0 Å². The van der Waals surface area contributed by atoms with E-state index in [-0.39, 0.29) is 6.79 Å². The Balaban J connectivity index is 1.87. The van der Waals surface area contributed by atoms with Crippen molar-refractivity contribution in [1.82, 2.24) is 5.32 Å². The molecule has 0 bridgehead atoms. The lowest BCUT2D eigenvalue weighted by Gasteiger charge is -2.22. The van der Waals surface area contributed by atoms with E-state index >= 15 is 0 Å². The summed E-state index contributed by atoms with van der Waals surface area (Å²) in [4.78, 5) is 0. The predicted molar refractivity (Wildman–Crippen MR) is 53.0 cm³/mol. The molecule has 1 fully saturated rings. The van der Waals surface area contributed by atoms with Crippen LogP contribution < -0.4 is 5.32 Å². The van der Waals surface area contributed by atoms with E-state index in [2.05, 4.69) is 10.1 Å². The minimum absolute atomic E-state index is 0.278. The van der Waals surface area contributed by atoms with Gasteiger partial charge in [0, 0.05) is 6.61 Å². The van der Waals surface area contributed by atoms with Crippen LogP contribution in [0.5, 0.6) is 0 Å². The monoisotopic (exact) mass is 241 g/mol. The molecule has 0 aromatic heterocycles. The Morgan fingerprint density at radius 2 is 2.06 bits per heavy atom. The number of rotatable bonds is 6. The first-order valence-corrected chi connectivity index (χ1v) is 5.51. The van der Waals surface area contributed by atoms with Gasteiger partial charge in [-0.3, -0.25) is 0 Å². The van der Waals surface area contributed by atoms with Crippen molar-refractivity contribution in [1.29, 1.82) is 0 Å². The van der Waals surface area contributed by atoms with Gasteiger partial charge < -0.3 is 14.8 Å². The quantitative estimate of drug-likeness (QED) is 0.569. The van der Waals surface area contributed by atoms with Crippen LogP contribution in [-0.4, -0.2) is 39.3 Å². The fourth-order valence-corrected chi connectivity index (χ4v) is 1.70. The zero-order chi connectivity index (χ0) is 11.9. The maximum atomic E-state index is 11.7. The Bertz CT molecular complexity index is 181. The molecule has 3 nitrogen and oxygen atoms in total. The first-order chi connectivity index (χ1) is 7.58. The minimum atomic E-state index is -4.27. The number of alkyl halides is 3. The predicted octanol–water partition coefficient (Wildman–Crippen LogP) is 1.93. The lowest BCUT2D eigenvalue weighted by atomic mass is 9.97. The highest BCUT2D eigenvalue weighted by Crippen LogP contribution is 2.15. The summed E-state index contributed by atoms with van der Waals surface area (Å²) in [6.07, 6.45) is -1.06. The number of nitrogens with one attached hydrogen (secondary N) is 1. The van der Waals surface area contributed by atoms with Crippen LogP contribution in [0.1, 0.15) is 19.3 Å². The van der Waals surface area contributed by atoms with Crippen molar-refractivity contribution in [3.63, 3.8) is 0 Å². The molecule has 0 aromatic carbocycles. The molecule has 0 radical (unpaired) electrons. The topological polar surface area (TPSA) is 30.5 Å². The van der Waals surface area contributed by atoms with Crippen molar-refractivity contribution in [3.8, 4) is 0 Å². The van der Waals surface area contributed by atoms with Gasteiger partial charge in [-0.15, -0.1) is 0 Å². The molecule has 1 atom stereocenters. The van der Waals surface area contributed by atoms with Crippen LogP contribution in [0.15, 0.2) is 0 Å². The van der Waals surface area contributed by atoms with E-state index in [4.69, 9.17) is 4.74 Å². The van der Waals surface area contributed by atoms with Crippen molar-refractivity contribution in [3.05, 3.63) is 0 Å².